The fourth-order valence-electron chi connectivity index (χ4n) is 3.74. The molecule has 1 aliphatic rings. The van der Waals surface area contributed by atoms with E-state index in [-0.39, 0.29) is 18.9 Å². The van der Waals surface area contributed by atoms with Crippen LogP contribution in [0.2, 0.25) is 5.02 Å². The van der Waals surface area contributed by atoms with Crippen LogP contribution in [0.15, 0.2) is 59.6 Å². The lowest BCUT2D eigenvalue weighted by molar-refractivity contribution is -0.137. The molecule has 1 aliphatic heterocycles. The number of aromatic nitrogens is 2. The second-order valence-corrected chi connectivity index (χ2v) is 10.5. The molecule has 1 amide bonds. The average molecular weight is 556 g/mol. The van der Waals surface area contributed by atoms with Gasteiger partial charge in [0.25, 0.3) is 5.91 Å². The fraction of sp³-hybridized carbons (Fsp3) is 0.259. The molecule has 0 aliphatic carbocycles. The number of carbonyl (C=O) groups is 2. The van der Waals surface area contributed by atoms with Crippen molar-refractivity contribution in [2.75, 3.05) is 13.2 Å². The van der Waals surface area contributed by atoms with Gasteiger partial charge in [0.2, 0.25) is 0 Å². The Morgan fingerprint density at radius 3 is 2.70 bits per heavy atom. The lowest BCUT2D eigenvalue weighted by atomic mass is 10.1. The molecule has 37 heavy (non-hydrogen) atoms. The number of carboxylic acid groups (broad SMARTS) is 1. The average Bonchev–Trinajstić information content (AvgIpc) is 3.42. The Kier molecular flexibility index (Phi) is 9.02. The maximum atomic E-state index is 13.1. The maximum absolute atomic E-state index is 13.1. The van der Waals surface area contributed by atoms with E-state index in [4.69, 9.17) is 38.8 Å². The Labute approximate surface area is 230 Å². The second kappa shape index (κ2) is 12.4. The number of unbranched alkanes of at least 4 members (excludes halogenated alkanes) is 1. The van der Waals surface area contributed by atoms with Crippen LogP contribution in [0.25, 0.3) is 23.0 Å². The van der Waals surface area contributed by atoms with Gasteiger partial charge in [-0.2, -0.15) is 5.10 Å². The molecule has 0 atom stereocenters. The number of amides is 1. The predicted molar refractivity (Wildman–Crippen MR) is 151 cm³/mol. The first kappa shape index (κ1) is 26.9. The number of thioether (sulfide) groups is 1. The van der Waals surface area contributed by atoms with Gasteiger partial charge in [-0.15, -0.1) is 0 Å². The molecular formula is C27H26ClN3O4S2. The Bertz CT molecular complexity index is 1340. The lowest BCUT2D eigenvalue weighted by Gasteiger charge is -2.13. The highest BCUT2D eigenvalue weighted by molar-refractivity contribution is 8.26. The van der Waals surface area contributed by atoms with Crippen molar-refractivity contribution in [3.63, 3.8) is 0 Å². The van der Waals surface area contributed by atoms with Gasteiger partial charge < -0.3 is 9.84 Å². The van der Waals surface area contributed by atoms with E-state index in [1.807, 2.05) is 54.7 Å². The number of ether oxygens (including phenoxy) is 1. The van der Waals surface area contributed by atoms with Crippen molar-refractivity contribution < 1.29 is 19.4 Å². The summed E-state index contributed by atoms with van der Waals surface area (Å²) >= 11 is 13.1. The van der Waals surface area contributed by atoms with Gasteiger partial charge in [0.05, 0.1) is 22.2 Å². The first-order chi connectivity index (χ1) is 17.9. The molecule has 1 aromatic heterocycles. The lowest BCUT2D eigenvalue weighted by Crippen LogP contribution is -2.29. The number of nitrogens with zero attached hydrogens (tertiary/aromatic N) is 3. The first-order valence-corrected chi connectivity index (χ1v) is 13.5. The number of halogens is 1. The summed E-state index contributed by atoms with van der Waals surface area (Å²) in [7, 11) is 0. The van der Waals surface area contributed by atoms with Crippen molar-refractivity contribution >= 4 is 57.9 Å². The molecule has 10 heteroatoms. The molecule has 0 saturated carbocycles. The molecule has 1 fully saturated rings. The predicted octanol–water partition coefficient (Wildman–Crippen LogP) is 6.44. The van der Waals surface area contributed by atoms with Gasteiger partial charge in [-0.05, 0) is 49.2 Å². The number of thiocarbonyl (C=S) groups is 1. The van der Waals surface area contributed by atoms with E-state index in [0.717, 1.165) is 29.7 Å². The first-order valence-electron chi connectivity index (χ1n) is 11.9. The summed E-state index contributed by atoms with van der Waals surface area (Å²) in [5, 5.41) is 14.2. The maximum Gasteiger partial charge on any atom is 0.303 e. The van der Waals surface area contributed by atoms with E-state index in [0.29, 0.717) is 38.7 Å². The summed E-state index contributed by atoms with van der Waals surface area (Å²) < 4.78 is 7.96. The van der Waals surface area contributed by atoms with Crippen molar-refractivity contribution in [3.05, 3.63) is 70.2 Å². The zero-order valence-corrected chi connectivity index (χ0v) is 22.6. The summed E-state index contributed by atoms with van der Waals surface area (Å²) in [5.74, 6) is -0.527. The summed E-state index contributed by atoms with van der Waals surface area (Å²) in [4.78, 5) is 25.9. The van der Waals surface area contributed by atoms with Crippen LogP contribution >= 0.6 is 35.6 Å². The zero-order chi connectivity index (χ0) is 26.4. The Morgan fingerprint density at radius 1 is 1.22 bits per heavy atom. The van der Waals surface area contributed by atoms with Gasteiger partial charge in [0.15, 0.2) is 0 Å². The Morgan fingerprint density at radius 2 is 2.00 bits per heavy atom. The van der Waals surface area contributed by atoms with E-state index in [1.165, 1.54) is 16.7 Å². The van der Waals surface area contributed by atoms with Crippen molar-refractivity contribution in [2.45, 2.75) is 32.6 Å². The molecule has 1 saturated heterocycles. The van der Waals surface area contributed by atoms with Crippen LogP contribution in [-0.4, -0.2) is 49.1 Å². The van der Waals surface area contributed by atoms with Crippen LogP contribution in [-0.2, 0) is 9.59 Å². The minimum absolute atomic E-state index is 0.0248. The molecule has 0 radical (unpaired) electrons. The number of hydrogen-bond donors (Lipinski definition) is 1. The molecule has 192 valence electrons. The quantitative estimate of drug-likeness (QED) is 0.166. The smallest absolute Gasteiger partial charge is 0.303 e. The molecule has 2 heterocycles. The van der Waals surface area contributed by atoms with Gasteiger partial charge in [-0.25, -0.2) is 4.68 Å². The van der Waals surface area contributed by atoms with E-state index in [2.05, 4.69) is 6.92 Å². The van der Waals surface area contributed by atoms with Crippen LogP contribution in [0.4, 0.5) is 0 Å². The largest absolute Gasteiger partial charge is 0.492 e. The number of aliphatic carboxylic acids is 1. The fourth-order valence-corrected chi connectivity index (χ4v) is 5.28. The van der Waals surface area contributed by atoms with Gasteiger partial charge >= 0.3 is 5.97 Å². The number of hydrogen-bond acceptors (Lipinski definition) is 6. The van der Waals surface area contributed by atoms with Crippen LogP contribution in [0.1, 0.15) is 38.2 Å². The Balaban J connectivity index is 1.68. The summed E-state index contributed by atoms with van der Waals surface area (Å²) in [6, 6.07) is 15.2. The second-order valence-electron chi connectivity index (χ2n) is 8.39. The van der Waals surface area contributed by atoms with Crippen LogP contribution in [0.5, 0.6) is 5.75 Å². The van der Waals surface area contributed by atoms with Gasteiger partial charge in [0.1, 0.15) is 15.8 Å². The standard InChI is InChI=1S/C27H26ClN3O4S2/c1-2-3-14-35-22-12-11-18(15-21(22)28)25-19(17-31(29-25)20-8-5-4-6-9-20)16-23-26(34)30(27(36)37-23)13-7-10-24(32)33/h4-6,8-9,11-12,15-17H,2-3,7,10,13-14H2,1H3,(H,32,33). The van der Waals surface area contributed by atoms with E-state index >= 15 is 0 Å². The third-order valence-corrected chi connectivity index (χ3v) is 7.33. The third kappa shape index (κ3) is 6.60. The van der Waals surface area contributed by atoms with Crippen LogP contribution in [0.3, 0.4) is 0 Å². The highest BCUT2D eigenvalue weighted by atomic mass is 35.5. The third-order valence-electron chi connectivity index (χ3n) is 5.66. The number of benzene rings is 2. The van der Waals surface area contributed by atoms with E-state index < -0.39 is 5.97 Å². The van der Waals surface area contributed by atoms with Crippen molar-refractivity contribution in [2.24, 2.45) is 0 Å². The summed E-state index contributed by atoms with van der Waals surface area (Å²) in [6.45, 7) is 2.96. The van der Waals surface area contributed by atoms with Gasteiger partial charge in [-0.1, -0.05) is 67.1 Å². The molecule has 1 N–H and O–H groups in total. The normalized spacial score (nSPS) is 14.5. The monoisotopic (exact) mass is 555 g/mol. The zero-order valence-electron chi connectivity index (χ0n) is 20.2. The number of para-hydroxylation sites is 1. The van der Waals surface area contributed by atoms with E-state index in [1.54, 1.807) is 10.8 Å². The molecule has 3 aromatic rings. The summed E-state index contributed by atoms with van der Waals surface area (Å²) in [6.07, 6.45) is 5.92. The molecule has 4 rings (SSSR count). The number of carbonyl (C=O) groups excluding carboxylic acids is 1. The van der Waals surface area contributed by atoms with Gasteiger partial charge in [-0.3, -0.25) is 14.5 Å². The minimum Gasteiger partial charge on any atom is -0.492 e. The molecule has 2 aromatic carbocycles. The SMILES string of the molecule is CCCCOc1ccc(-c2nn(-c3ccccc3)cc2C=C2SC(=S)N(CCCC(=O)O)C2=O)cc1Cl. The molecule has 0 spiro atoms. The molecule has 0 bridgehead atoms. The van der Waals surface area contributed by atoms with Crippen LogP contribution < -0.4 is 4.74 Å². The topological polar surface area (TPSA) is 84.7 Å². The van der Waals surface area contributed by atoms with Crippen molar-refractivity contribution in [1.29, 1.82) is 0 Å². The number of rotatable bonds is 11. The van der Waals surface area contributed by atoms with Crippen molar-refractivity contribution in [3.8, 4) is 22.7 Å². The molecule has 7 nitrogen and oxygen atoms in total. The molecular weight excluding hydrogens is 530 g/mol. The Hall–Kier alpha value is -3.14. The highest BCUT2D eigenvalue weighted by Crippen LogP contribution is 2.36. The van der Waals surface area contributed by atoms with E-state index in [9.17, 15) is 9.59 Å². The van der Waals surface area contributed by atoms with Gasteiger partial charge in [0, 0.05) is 30.3 Å². The minimum atomic E-state index is -0.903. The summed E-state index contributed by atoms with van der Waals surface area (Å²) in [5.41, 5.74) is 3.04. The highest BCUT2D eigenvalue weighted by Gasteiger charge is 2.32. The van der Waals surface area contributed by atoms with Crippen molar-refractivity contribution in [1.82, 2.24) is 14.7 Å². The molecule has 0 unspecified atom stereocenters. The number of carboxylic acids is 1. The van der Waals surface area contributed by atoms with Crippen LogP contribution in [0, 0.1) is 0 Å².